The molecule has 0 saturated carbocycles. The third kappa shape index (κ3) is 2.80. The summed E-state index contributed by atoms with van der Waals surface area (Å²) in [5.41, 5.74) is 2.40. The summed E-state index contributed by atoms with van der Waals surface area (Å²) < 4.78 is 0. The fraction of sp³-hybridized carbons (Fsp3) is 0.167. The average molecular weight is 216 g/mol. The van der Waals surface area contributed by atoms with Crippen molar-refractivity contribution >= 4 is 11.8 Å². The molecule has 0 spiro atoms. The molecule has 0 atom stereocenters. The Morgan fingerprint density at radius 3 is 2.67 bits per heavy atom. The minimum Gasteiger partial charge on any atom is -0.265 e. The molecule has 0 bridgehead atoms. The molecule has 0 amide bonds. The molecule has 2 aromatic rings. The molecule has 76 valence electrons. The third-order valence-electron chi connectivity index (χ3n) is 2.14. The maximum absolute atomic E-state index is 4.36. The Hall–Kier alpha value is -1.35. The van der Waals surface area contributed by atoms with Crippen molar-refractivity contribution in [1.29, 1.82) is 0 Å². The van der Waals surface area contributed by atoms with Gasteiger partial charge >= 0.3 is 0 Å². The summed E-state index contributed by atoms with van der Waals surface area (Å²) in [7, 11) is 0. The highest BCUT2D eigenvalue weighted by molar-refractivity contribution is 7.98. The predicted molar refractivity (Wildman–Crippen MR) is 62.8 cm³/mol. The molecular formula is C12H12N2S. The molecule has 15 heavy (non-hydrogen) atoms. The average Bonchev–Trinajstić information content (AvgIpc) is 2.29. The molecule has 3 heteroatoms. The molecule has 2 nitrogen and oxygen atoms in total. The van der Waals surface area contributed by atoms with Crippen LogP contribution in [0.15, 0.2) is 47.8 Å². The lowest BCUT2D eigenvalue weighted by Crippen LogP contribution is -1.90. The zero-order valence-electron chi connectivity index (χ0n) is 8.55. The molecule has 2 aromatic heterocycles. The Kier molecular flexibility index (Phi) is 3.35. The van der Waals surface area contributed by atoms with Gasteiger partial charge in [-0.15, -0.1) is 11.8 Å². The topological polar surface area (TPSA) is 25.8 Å². The van der Waals surface area contributed by atoms with Crippen LogP contribution >= 0.6 is 11.8 Å². The van der Waals surface area contributed by atoms with Crippen molar-refractivity contribution < 1.29 is 0 Å². The van der Waals surface area contributed by atoms with Crippen LogP contribution in [-0.2, 0) is 5.75 Å². The van der Waals surface area contributed by atoms with E-state index >= 15 is 0 Å². The van der Waals surface area contributed by atoms with E-state index in [1.807, 2.05) is 36.8 Å². The van der Waals surface area contributed by atoms with Gasteiger partial charge in [-0.1, -0.05) is 6.07 Å². The van der Waals surface area contributed by atoms with E-state index in [2.05, 4.69) is 23.0 Å². The van der Waals surface area contributed by atoms with E-state index in [1.54, 1.807) is 11.8 Å². The van der Waals surface area contributed by atoms with Crippen LogP contribution in [0.2, 0.25) is 0 Å². The quantitative estimate of drug-likeness (QED) is 0.737. The molecular weight excluding hydrogens is 204 g/mol. The van der Waals surface area contributed by atoms with Crippen LogP contribution in [0.1, 0.15) is 11.3 Å². The lowest BCUT2D eigenvalue weighted by molar-refractivity contribution is 1.13. The van der Waals surface area contributed by atoms with Crippen molar-refractivity contribution in [3.05, 3.63) is 54.1 Å². The fourth-order valence-electron chi connectivity index (χ4n) is 1.26. The molecule has 0 aromatic carbocycles. The van der Waals surface area contributed by atoms with E-state index in [1.165, 1.54) is 10.5 Å². The van der Waals surface area contributed by atoms with E-state index < -0.39 is 0 Å². The molecule has 2 rings (SSSR count). The lowest BCUT2D eigenvalue weighted by atomic mass is 10.2. The second-order valence-corrected chi connectivity index (χ2v) is 4.29. The summed E-state index contributed by atoms with van der Waals surface area (Å²) in [6.45, 7) is 2.09. The van der Waals surface area contributed by atoms with E-state index in [4.69, 9.17) is 0 Å². The van der Waals surface area contributed by atoms with Crippen LogP contribution in [0, 0.1) is 6.92 Å². The van der Waals surface area contributed by atoms with Gasteiger partial charge in [-0.2, -0.15) is 0 Å². The maximum atomic E-state index is 4.36. The molecule has 0 radical (unpaired) electrons. The molecule has 0 fully saturated rings. The van der Waals surface area contributed by atoms with Crippen molar-refractivity contribution in [3.8, 4) is 0 Å². The molecule has 0 aliphatic heterocycles. The zero-order valence-corrected chi connectivity index (χ0v) is 9.37. The van der Waals surface area contributed by atoms with Crippen LogP contribution in [-0.4, -0.2) is 9.97 Å². The minimum atomic E-state index is 0.913. The molecule has 2 heterocycles. The van der Waals surface area contributed by atoms with E-state index in [0.717, 1.165) is 11.4 Å². The highest BCUT2D eigenvalue weighted by atomic mass is 32.2. The zero-order chi connectivity index (χ0) is 10.5. The number of nitrogens with zero attached hydrogens (tertiary/aromatic N) is 2. The number of rotatable bonds is 3. The third-order valence-corrected chi connectivity index (χ3v) is 3.17. The highest BCUT2D eigenvalue weighted by Gasteiger charge is 1.99. The standard InChI is InChI=1S/C12H12N2S/c1-10-3-2-6-14-12(10)9-15-11-4-7-13-8-5-11/h2-8H,9H2,1H3. The van der Waals surface area contributed by atoms with Gasteiger partial charge in [0.05, 0.1) is 5.69 Å². The summed E-state index contributed by atoms with van der Waals surface area (Å²) in [6, 6.07) is 8.09. The summed E-state index contributed by atoms with van der Waals surface area (Å²) in [5, 5.41) is 0. The Morgan fingerprint density at radius 2 is 1.93 bits per heavy atom. The van der Waals surface area contributed by atoms with Gasteiger partial charge < -0.3 is 0 Å². The van der Waals surface area contributed by atoms with E-state index in [-0.39, 0.29) is 0 Å². The van der Waals surface area contributed by atoms with Crippen LogP contribution in [0.3, 0.4) is 0 Å². The van der Waals surface area contributed by atoms with Gasteiger partial charge in [0.15, 0.2) is 0 Å². The first-order valence-corrected chi connectivity index (χ1v) is 5.78. The number of hydrogen-bond donors (Lipinski definition) is 0. The van der Waals surface area contributed by atoms with E-state index in [0.29, 0.717) is 0 Å². The van der Waals surface area contributed by atoms with Gasteiger partial charge in [-0.05, 0) is 30.7 Å². The summed E-state index contributed by atoms with van der Waals surface area (Å²) in [4.78, 5) is 9.58. The van der Waals surface area contributed by atoms with Crippen LogP contribution in [0.25, 0.3) is 0 Å². The Labute approximate surface area is 93.8 Å². The van der Waals surface area contributed by atoms with Gasteiger partial charge in [0, 0.05) is 29.2 Å². The Morgan fingerprint density at radius 1 is 1.13 bits per heavy atom. The normalized spacial score (nSPS) is 10.2. The molecule has 0 aliphatic rings. The van der Waals surface area contributed by atoms with Gasteiger partial charge in [0.25, 0.3) is 0 Å². The molecule has 0 saturated heterocycles. The summed E-state index contributed by atoms with van der Waals surface area (Å²) in [6.07, 6.45) is 5.47. The number of pyridine rings is 2. The minimum absolute atomic E-state index is 0.913. The van der Waals surface area contributed by atoms with Gasteiger partial charge in [0.2, 0.25) is 0 Å². The number of aryl methyl sites for hydroxylation is 1. The SMILES string of the molecule is Cc1cccnc1CSc1ccncc1. The summed E-state index contributed by atoms with van der Waals surface area (Å²) >= 11 is 1.79. The van der Waals surface area contributed by atoms with Gasteiger partial charge in [0.1, 0.15) is 0 Å². The molecule has 0 aliphatic carbocycles. The molecule has 0 N–H and O–H groups in total. The van der Waals surface area contributed by atoms with Crippen LogP contribution < -0.4 is 0 Å². The van der Waals surface area contributed by atoms with E-state index in [9.17, 15) is 0 Å². The predicted octanol–water partition coefficient (Wildman–Crippen LogP) is 3.08. The smallest absolute Gasteiger partial charge is 0.0535 e. The Bertz CT molecular complexity index is 429. The van der Waals surface area contributed by atoms with Crippen molar-refractivity contribution in [2.45, 2.75) is 17.6 Å². The largest absolute Gasteiger partial charge is 0.265 e. The van der Waals surface area contributed by atoms with Gasteiger partial charge in [-0.25, -0.2) is 0 Å². The first-order valence-electron chi connectivity index (χ1n) is 4.79. The number of hydrogen-bond acceptors (Lipinski definition) is 3. The number of aromatic nitrogens is 2. The second-order valence-electron chi connectivity index (χ2n) is 3.24. The number of thioether (sulfide) groups is 1. The van der Waals surface area contributed by atoms with Crippen molar-refractivity contribution in [1.82, 2.24) is 9.97 Å². The maximum Gasteiger partial charge on any atom is 0.0535 e. The van der Waals surface area contributed by atoms with Crippen molar-refractivity contribution in [2.24, 2.45) is 0 Å². The fourth-order valence-corrected chi connectivity index (χ4v) is 2.18. The first-order chi connectivity index (χ1) is 7.36. The van der Waals surface area contributed by atoms with Crippen molar-refractivity contribution in [3.63, 3.8) is 0 Å². The first kappa shape index (κ1) is 10.2. The van der Waals surface area contributed by atoms with Gasteiger partial charge in [-0.3, -0.25) is 9.97 Å². The summed E-state index contributed by atoms with van der Waals surface area (Å²) in [5.74, 6) is 0.913. The monoisotopic (exact) mass is 216 g/mol. The lowest BCUT2D eigenvalue weighted by Gasteiger charge is -2.03. The van der Waals surface area contributed by atoms with Crippen LogP contribution in [0.4, 0.5) is 0 Å². The van der Waals surface area contributed by atoms with Crippen molar-refractivity contribution in [2.75, 3.05) is 0 Å². The second kappa shape index (κ2) is 4.94. The molecule has 0 unspecified atom stereocenters. The van der Waals surface area contributed by atoms with Crippen LogP contribution in [0.5, 0.6) is 0 Å². The highest BCUT2D eigenvalue weighted by Crippen LogP contribution is 2.21. The Balaban J connectivity index is 2.03.